The number of nitrogens with one attached hydrogen (secondary N) is 1. The molecule has 2 atom stereocenters. The second-order valence-electron chi connectivity index (χ2n) is 5.33. The molecule has 0 spiro atoms. The smallest absolute Gasteiger partial charge is 0.328 e. The van der Waals surface area contributed by atoms with Gasteiger partial charge in [-0.05, 0) is 32.6 Å². The quantitative estimate of drug-likeness (QED) is 0.763. The third-order valence-corrected chi connectivity index (χ3v) is 3.96. The van der Waals surface area contributed by atoms with Crippen molar-refractivity contribution >= 4 is 17.8 Å². The molecule has 2 rings (SSSR count). The van der Waals surface area contributed by atoms with Crippen LogP contribution >= 0.6 is 0 Å². The predicted octanol–water partition coefficient (Wildman–Crippen LogP) is 0.457. The van der Waals surface area contributed by atoms with Gasteiger partial charge in [0, 0.05) is 19.5 Å². The van der Waals surface area contributed by atoms with Gasteiger partial charge in [-0.3, -0.25) is 9.59 Å². The Morgan fingerprint density at radius 3 is 2.80 bits per heavy atom. The Bertz CT molecular complexity index is 387. The second-order valence-corrected chi connectivity index (χ2v) is 5.33. The Morgan fingerprint density at radius 2 is 2.15 bits per heavy atom. The predicted molar refractivity (Wildman–Crippen MR) is 71.7 cm³/mol. The van der Waals surface area contributed by atoms with Gasteiger partial charge in [0.15, 0.2) is 0 Å². The van der Waals surface area contributed by atoms with Crippen molar-refractivity contribution < 1.29 is 19.1 Å². The fraction of sp³-hybridized carbons (Fsp3) is 0.786. The maximum absolute atomic E-state index is 12.5. The molecule has 2 unspecified atom stereocenters. The lowest BCUT2D eigenvalue weighted by Crippen LogP contribution is -2.53. The van der Waals surface area contributed by atoms with Gasteiger partial charge in [0.25, 0.3) is 0 Å². The van der Waals surface area contributed by atoms with Gasteiger partial charge >= 0.3 is 5.97 Å². The number of rotatable bonds is 3. The van der Waals surface area contributed by atoms with Gasteiger partial charge in [-0.2, -0.15) is 0 Å². The van der Waals surface area contributed by atoms with Crippen LogP contribution in [0.5, 0.6) is 0 Å². The van der Waals surface area contributed by atoms with E-state index in [0.717, 1.165) is 12.8 Å². The number of likely N-dealkylation sites (tertiary alicyclic amines) is 1. The highest BCUT2D eigenvalue weighted by molar-refractivity contribution is 5.88. The first-order valence-electron chi connectivity index (χ1n) is 7.37. The molecule has 2 saturated heterocycles. The van der Waals surface area contributed by atoms with Crippen molar-refractivity contribution in [1.82, 2.24) is 10.2 Å². The van der Waals surface area contributed by atoms with Gasteiger partial charge in [-0.15, -0.1) is 0 Å². The zero-order valence-corrected chi connectivity index (χ0v) is 11.9. The molecular formula is C14H22N2O4. The number of carbonyl (C=O) groups is 3. The molecular weight excluding hydrogens is 260 g/mol. The summed E-state index contributed by atoms with van der Waals surface area (Å²) in [5.74, 6) is -0.541. The summed E-state index contributed by atoms with van der Waals surface area (Å²) in [6, 6.07) is -0.450. The molecule has 0 radical (unpaired) electrons. The fourth-order valence-electron chi connectivity index (χ4n) is 2.86. The summed E-state index contributed by atoms with van der Waals surface area (Å²) in [6.45, 7) is 3.08. The molecule has 112 valence electrons. The fourth-order valence-corrected chi connectivity index (χ4v) is 2.86. The molecule has 0 bridgehead atoms. The van der Waals surface area contributed by atoms with Crippen LogP contribution in [0.25, 0.3) is 0 Å². The van der Waals surface area contributed by atoms with E-state index in [4.69, 9.17) is 4.74 Å². The molecule has 2 aliphatic rings. The number of hydrogen-bond acceptors (Lipinski definition) is 4. The molecule has 2 aliphatic heterocycles. The van der Waals surface area contributed by atoms with Crippen LogP contribution in [0.2, 0.25) is 0 Å². The van der Waals surface area contributed by atoms with Gasteiger partial charge < -0.3 is 15.0 Å². The maximum Gasteiger partial charge on any atom is 0.328 e. The summed E-state index contributed by atoms with van der Waals surface area (Å²) in [5, 5.41) is 2.72. The molecule has 2 amide bonds. The minimum absolute atomic E-state index is 0.00497. The van der Waals surface area contributed by atoms with Crippen molar-refractivity contribution in [3.05, 3.63) is 0 Å². The largest absolute Gasteiger partial charge is 0.464 e. The van der Waals surface area contributed by atoms with Crippen molar-refractivity contribution in [3.8, 4) is 0 Å². The average molecular weight is 282 g/mol. The van der Waals surface area contributed by atoms with Crippen molar-refractivity contribution in [2.75, 3.05) is 19.7 Å². The van der Waals surface area contributed by atoms with Crippen LogP contribution in [-0.2, 0) is 19.1 Å². The Hall–Kier alpha value is -1.59. The lowest BCUT2D eigenvalue weighted by molar-refractivity contribution is -0.158. The Morgan fingerprint density at radius 1 is 1.35 bits per heavy atom. The lowest BCUT2D eigenvalue weighted by atomic mass is 9.94. The highest BCUT2D eigenvalue weighted by Crippen LogP contribution is 2.23. The summed E-state index contributed by atoms with van der Waals surface area (Å²) in [7, 11) is 0. The summed E-state index contributed by atoms with van der Waals surface area (Å²) < 4.78 is 5.06. The molecule has 0 aromatic carbocycles. The van der Waals surface area contributed by atoms with E-state index in [9.17, 15) is 14.4 Å². The van der Waals surface area contributed by atoms with Crippen molar-refractivity contribution in [2.24, 2.45) is 5.92 Å². The van der Waals surface area contributed by atoms with Gasteiger partial charge in [-0.1, -0.05) is 0 Å². The minimum Gasteiger partial charge on any atom is -0.464 e. The lowest BCUT2D eigenvalue weighted by Gasteiger charge is -2.37. The van der Waals surface area contributed by atoms with Gasteiger partial charge in [0.05, 0.1) is 12.5 Å². The zero-order valence-electron chi connectivity index (χ0n) is 11.9. The highest BCUT2D eigenvalue weighted by atomic mass is 16.5. The first-order valence-corrected chi connectivity index (χ1v) is 7.37. The normalized spacial score (nSPS) is 26.9. The van der Waals surface area contributed by atoms with Crippen LogP contribution in [0.3, 0.4) is 0 Å². The minimum atomic E-state index is -0.450. The average Bonchev–Trinajstić information content (AvgIpc) is 2.47. The monoisotopic (exact) mass is 282 g/mol. The van der Waals surface area contributed by atoms with Gasteiger partial charge in [0.2, 0.25) is 11.8 Å². The first kappa shape index (κ1) is 14.8. The van der Waals surface area contributed by atoms with Crippen LogP contribution in [0.4, 0.5) is 0 Å². The Balaban J connectivity index is 2.01. The van der Waals surface area contributed by atoms with Crippen LogP contribution in [-0.4, -0.2) is 48.4 Å². The third-order valence-electron chi connectivity index (χ3n) is 3.96. The van der Waals surface area contributed by atoms with Crippen molar-refractivity contribution in [3.63, 3.8) is 0 Å². The number of esters is 1. The van der Waals surface area contributed by atoms with Crippen molar-refractivity contribution in [1.29, 1.82) is 0 Å². The molecule has 0 aliphatic carbocycles. The number of piperidine rings is 2. The first-order chi connectivity index (χ1) is 9.63. The molecule has 0 aromatic heterocycles. The van der Waals surface area contributed by atoms with Crippen LogP contribution in [0.1, 0.15) is 39.0 Å². The summed E-state index contributed by atoms with van der Waals surface area (Å²) in [4.78, 5) is 37.3. The van der Waals surface area contributed by atoms with E-state index in [1.807, 2.05) is 0 Å². The summed E-state index contributed by atoms with van der Waals surface area (Å²) in [5.41, 5.74) is 0. The SMILES string of the molecule is CCOC(=O)C1CCCCN1C(=O)C1CCC(=O)NC1. The van der Waals surface area contributed by atoms with E-state index in [0.29, 0.717) is 39.0 Å². The van der Waals surface area contributed by atoms with Crippen molar-refractivity contribution in [2.45, 2.75) is 45.1 Å². The number of ether oxygens (including phenoxy) is 1. The molecule has 2 fully saturated rings. The molecule has 6 nitrogen and oxygen atoms in total. The van der Waals surface area contributed by atoms with E-state index in [1.165, 1.54) is 0 Å². The molecule has 0 saturated carbocycles. The number of nitrogens with zero attached hydrogens (tertiary/aromatic N) is 1. The number of hydrogen-bond donors (Lipinski definition) is 1. The molecule has 0 aromatic rings. The molecule has 20 heavy (non-hydrogen) atoms. The standard InChI is InChI=1S/C14H22N2O4/c1-2-20-14(19)11-5-3-4-8-16(11)13(18)10-6-7-12(17)15-9-10/h10-11H,2-9H2,1H3,(H,15,17). The number of carbonyl (C=O) groups excluding carboxylic acids is 3. The molecule has 1 N–H and O–H groups in total. The van der Waals surface area contributed by atoms with Gasteiger partial charge in [-0.25, -0.2) is 4.79 Å². The number of amides is 2. The van der Waals surface area contributed by atoms with Crippen LogP contribution in [0, 0.1) is 5.92 Å². The molecule has 6 heteroatoms. The van der Waals surface area contributed by atoms with E-state index >= 15 is 0 Å². The van der Waals surface area contributed by atoms with E-state index < -0.39 is 6.04 Å². The van der Waals surface area contributed by atoms with Gasteiger partial charge in [0.1, 0.15) is 6.04 Å². The van der Waals surface area contributed by atoms with Crippen LogP contribution < -0.4 is 5.32 Å². The van der Waals surface area contributed by atoms with E-state index in [2.05, 4.69) is 5.32 Å². The molecule has 2 heterocycles. The Labute approximate surface area is 118 Å². The third kappa shape index (κ3) is 3.29. The summed E-state index contributed by atoms with van der Waals surface area (Å²) in [6.07, 6.45) is 3.48. The zero-order chi connectivity index (χ0) is 14.5. The topological polar surface area (TPSA) is 75.7 Å². The van der Waals surface area contributed by atoms with E-state index in [-0.39, 0.29) is 23.7 Å². The second kappa shape index (κ2) is 6.72. The maximum atomic E-state index is 12.5. The van der Waals surface area contributed by atoms with E-state index in [1.54, 1.807) is 11.8 Å². The Kier molecular flexibility index (Phi) is 4.98. The highest BCUT2D eigenvalue weighted by Gasteiger charge is 2.37. The summed E-state index contributed by atoms with van der Waals surface area (Å²) >= 11 is 0. The van der Waals surface area contributed by atoms with Crippen LogP contribution in [0.15, 0.2) is 0 Å².